The van der Waals surface area contributed by atoms with Crippen LogP contribution in [-0.4, -0.2) is 60.1 Å². The second kappa shape index (κ2) is 6.90. The molecule has 2 rings (SSSR count). The molecule has 4 nitrogen and oxygen atoms in total. The van der Waals surface area contributed by atoms with Crippen molar-refractivity contribution in [3.63, 3.8) is 0 Å². The van der Waals surface area contributed by atoms with Crippen LogP contribution in [0.2, 0.25) is 0 Å². The van der Waals surface area contributed by atoms with Gasteiger partial charge >= 0.3 is 0 Å². The van der Waals surface area contributed by atoms with E-state index in [1.54, 1.807) is 0 Å². The SMILES string of the molecule is CC(C)CC(=O)N1CC(N2CCC(OC(C)C)CC2)C1. The first kappa shape index (κ1) is 15.8. The molecule has 2 heterocycles. The zero-order chi connectivity index (χ0) is 14.7. The van der Waals surface area contributed by atoms with Crippen molar-refractivity contribution >= 4 is 5.91 Å². The maximum Gasteiger partial charge on any atom is 0.222 e. The molecule has 0 bridgehead atoms. The monoisotopic (exact) mass is 282 g/mol. The Morgan fingerprint density at radius 3 is 2.25 bits per heavy atom. The second-order valence-corrected chi connectivity index (χ2v) is 6.97. The molecule has 0 N–H and O–H groups in total. The minimum Gasteiger partial charge on any atom is -0.375 e. The number of carbonyl (C=O) groups is 1. The Hall–Kier alpha value is -0.610. The molecule has 2 fully saturated rings. The molecule has 0 aromatic heterocycles. The standard InChI is InChI=1S/C16H30N2O2/c1-12(2)9-16(19)18-10-14(11-18)17-7-5-15(6-8-17)20-13(3)4/h12-15H,5-11H2,1-4H3. The molecule has 0 unspecified atom stereocenters. The van der Waals surface area contributed by atoms with E-state index in [9.17, 15) is 4.79 Å². The molecule has 2 aliphatic heterocycles. The highest BCUT2D eigenvalue weighted by Gasteiger charge is 2.36. The van der Waals surface area contributed by atoms with Crippen molar-refractivity contribution in [1.29, 1.82) is 0 Å². The van der Waals surface area contributed by atoms with Gasteiger partial charge in [-0.1, -0.05) is 13.8 Å². The lowest BCUT2D eigenvalue weighted by Gasteiger charge is -2.47. The summed E-state index contributed by atoms with van der Waals surface area (Å²) in [6.45, 7) is 12.5. The normalized spacial score (nSPS) is 22.6. The fraction of sp³-hybridized carbons (Fsp3) is 0.938. The average molecular weight is 282 g/mol. The van der Waals surface area contributed by atoms with Crippen LogP contribution in [0.3, 0.4) is 0 Å². The molecule has 0 radical (unpaired) electrons. The first-order chi connectivity index (χ1) is 9.45. The van der Waals surface area contributed by atoms with Crippen molar-refractivity contribution in [2.45, 2.75) is 65.2 Å². The predicted molar refractivity (Wildman–Crippen MR) is 80.6 cm³/mol. The molecule has 116 valence electrons. The van der Waals surface area contributed by atoms with E-state index < -0.39 is 0 Å². The Kier molecular flexibility index (Phi) is 5.44. The smallest absolute Gasteiger partial charge is 0.222 e. The lowest BCUT2D eigenvalue weighted by Crippen LogP contribution is -2.62. The summed E-state index contributed by atoms with van der Waals surface area (Å²) in [6, 6.07) is 0.589. The zero-order valence-electron chi connectivity index (χ0n) is 13.5. The summed E-state index contributed by atoms with van der Waals surface area (Å²) < 4.78 is 5.88. The van der Waals surface area contributed by atoms with Crippen LogP contribution in [0.15, 0.2) is 0 Å². The van der Waals surface area contributed by atoms with Gasteiger partial charge in [-0.3, -0.25) is 9.69 Å². The number of hydrogen-bond acceptors (Lipinski definition) is 3. The van der Waals surface area contributed by atoms with Gasteiger partial charge in [0.25, 0.3) is 0 Å². The van der Waals surface area contributed by atoms with Gasteiger partial charge in [0.2, 0.25) is 5.91 Å². The molecule has 0 aromatic carbocycles. The Balaban J connectivity index is 1.66. The number of nitrogens with zero attached hydrogens (tertiary/aromatic N) is 2. The molecule has 1 amide bonds. The van der Waals surface area contributed by atoms with Gasteiger partial charge < -0.3 is 9.64 Å². The van der Waals surface area contributed by atoms with Crippen molar-refractivity contribution in [2.75, 3.05) is 26.2 Å². The summed E-state index contributed by atoms with van der Waals surface area (Å²) in [7, 11) is 0. The second-order valence-electron chi connectivity index (χ2n) is 6.97. The first-order valence-corrected chi connectivity index (χ1v) is 8.13. The van der Waals surface area contributed by atoms with E-state index in [1.165, 1.54) is 0 Å². The van der Waals surface area contributed by atoms with Crippen molar-refractivity contribution in [3.8, 4) is 0 Å². The Bertz CT molecular complexity index is 316. The first-order valence-electron chi connectivity index (χ1n) is 8.13. The van der Waals surface area contributed by atoms with E-state index in [2.05, 4.69) is 32.6 Å². The van der Waals surface area contributed by atoms with Crippen LogP contribution in [0, 0.1) is 5.92 Å². The minimum absolute atomic E-state index is 0.328. The maximum atomic E-state index is 11.9. The number of likely N-dealkylation sites (tertiary alicyclic amines) is 2. The van der Waals surface area contributed by atoms with Gasteiger partial charge in [0.1, 0.15) is 0 Å². The summed E-state index contributed by atoms with van der Waals surface area (Å²) in [4.78, 5) is 16.5. The highest BCUT2D eigenvalue weighted by Crippen LogP contribution is 2.23. The zero-order valence-corrected chi connectivity index (χ0v) is 13.5. The molecule has 0 atom stereocenters. The number of ether oxygens (including phenoxy) is 1. The van der Waals surface area contributed by atoms with Crippen molar-refractivity contribution < 1.29 is 9.53 Å². The topological polar surface area (TPSA) is 32.8 Å². The molecular formula is C16H30N2O2. The molecule has 4 heteroatoms. The van der Waals surface area contributed by atoms with E-state index in [0.29, 0.717) is 36.5 Å². The predicted octanol–water partition coefficient (Wildman–Crippen LogP) is 2.13. The average Bonchev–Trinajstić information content (AvgIpc) is 2.27. The van der Waals surface area contributed by atoms with Crippen molar-refractivity contribution in [1.82, 2.24) is 9.80 Å². The molecule has 2 saturated heterocycles. The minimum atomic E-state index is 0.328. The Morgan fingerprint density at radius 1 is 1.15 bits per heavy atom. The Labute approximate surface area is 123 Å². The maximum absolute atomic E-state index is 11.9. The molecule has 0 aromatic rings. The van der Waals surface area contributed by atoms with Crippen LogP contribution in [0.1, 0.15) is 47.0 Å². The molecule has 0 saturated carbocycles. The molecule has 20 heavy (non-hydrogen) atoms. The number of amides is 1. The van der Waals surface area contributed by atoms with E-state index in [-0.39, 0.29) is 0 Å². The van der Waals surface area contributed by atoms with Crippen LogP contribution < -0.4 is 0 Å². The summed E-state index contributed by atoms with van der Waals surface area (Å²) in [5.74, 6) is 0.791. The van der Waals surface area contributed by atoms with Crippen LogP contribution >= 0.6 is 0 Å². The largest absolute Gasteiger partial charge is 0.375 e. The lowest BCUT2D eigenvalue weighted by atomic mass is 9.99. The van der Waals surface area contributed by atoms with Gasteiger partial charge in [-0.2, -0.15) is 0 Å². The third-order valence-corrected chi connectivity index (χ3v) is 4.26. The number of piperidine rings is 1. The van der Waals surface area contributed by atoms with Gasteiger partial charge in [-0.05, 0) is 32.6 Å². The molecule has 0 aliphatic carbocycles. The van der Waals surface area contributed by atoms with E-state index in [4.69, 9.17) is 4.74 Å². The lowest BCUT2D eigenvalue weighted by molar-refractivity contribution is -0.140. The van der Waals surface area contributed by atoms with E-state index >= 15 is 0 Å². The van der Waals surface area contributed by atoms with Gasteiger partial charge in [-0.25, -0.2) is 0 Å². The third-order valence-electron chi connectivity index (χ3n) is 4.26. The fourth-order valence-corrected chi connectivity index (χ4v) is 3.13. The van der Waals surface area contributed by atoms with E-state index in [0.717, 1.165) is 39.0 Å². The molecular weight excluding hydrogens is 252 g/mol. The number of rotatable bonds is 5. The van der Waals surface area contributed by atoms with Crippen molar-refractivity contribution in [2.24, 2.45) is 5.92 Å². The van der Waals surface area contributed by atoms with Crippen LogP contribution in [0.4, 0.5) is 0 Å². The molecule has 0 spiro atoms. The highest BCUT2D eigenvalue weighted by atomic mass is 16.5. The van der Waals surface area contributed by atoms with Gasteiger partial charge in [0.05, 0.1) is 12.2 Å². The quantitative estimate of drug-likeness (QED) is 0.774. The fourth-order valence-electron chi connectivity index (χ4n) is 3.13. The van der Waals surface area contributed by atoms with Gasteiger partial charge in [0, 0.05) is 38.6 Å². The van der Waals surface area contributed by atoms with Crippen LogP contribution in [0.25, 0.3) is 0 Å². The highest BCUT2D eigenvalue weighted by molar-refractivity contribution is 5.77. The number of hydrogen-bond donors (Lipinski definition) is 0. The van der Waals surface area contributed by atoms with Gasteiger partial charge in [-0.15, -0.1) is 0 Å². The summed E-state index contributed by atoms with van der Waals surface area (Å²) in [5, 5.41) is 0. The summed E-state index contributed by atoms with van der Waals surface area (Å²) in [5.41, 5.74) is 0. The summed E-state index contributed by atoms with van der Waals surface area (Å²) in [6.07, 6.45) is 3.73. The van der Waals surface area contributed by atoms with Crippen molar-refractivity contribution in [3.05, 3.63) is 0 Å². The molecule has 2 aliphatic rings. The number of carbonyl (C=O) groups excluding carboxylic acids is 1. The Morgan fingerprint density at radius 2 is 1.75 bits per heavy atom. The third kappa shape index (κ3) is 4.19. The van der Waals surface area contributed by atoms with Crippen LogP contribution in [-0.2, 0) is 9.53 Å². The van der Waals surface area contributed by atoms with Crippen LogP contribution in [0.5, 0.6) is 0 Å². The van der Waals surface area contributed by atoms with E-state index in [1.807, 2.05) is 4.90 Å². The summed E-state index contributed by atoms with van der Waals surface area (Å²) >= 11 is 0. The van der Waals surface area contributed by atoms with Gasteiger partial charge in [0.15, 0.2) is 0 Å².